The van der Waals surface area contributed by atoms with E-state index < -0.39 is 6.10 Å². The molecule has 2 nitrogen and oxygen atoms in total. The van der Waals surface area contributed by atoms with Gasteiger partial charge in [-0.3, -0.25) is 0 Å². The molecule has 0 heterocycles. The smallest absolute Gasteiger partial charge is 0.126 e. The lowest BCUT2D eigenvalue weighted by Crippen LogP contribution is -2.22. The average molecular weight is 239 g/mol. The Balaban J connectivity index is 2.52. The minimum absolute atomic E-state index is 0.247. The molecule has 0 aliphatic heterocycles. The highest BCUT2D eigenvalue weighted by atomic mass is 19.1. The highest BCUT2D eigenvalue weighted by Gasteiger charge is 2.10. The van der Waals surface area contributed by atoms with Gasteiger partial charge in [0.25, 0.3) is 0 Å². The minimum atomic E-state index is -0.579. The molecule has 0 amide bonds. The molecule has 0 aromatic heterocycles. The van der Waals surface area contributed by atoms with Gasteiger partial charge in [-0.25, -0.2) is 4.39 Å². The third-order valence-corrected chi connectivity index (χ3v) is 2.97. The molecule has 1 rings (SSSR count). The molecule has 1 aromatic carbocycles. The quantitative estimate of drug-likeness (QED) is 0.825. The van der Waals surface area contributed by atoms with Gasteiger partial charge in [-0.2, -0.15) is 0 Å². The Kier molecular flexibility index (Phi) is 5.59. The van der Waals surface area contributed by atoms with Gasteiger partial charge in [0.2, 0.25) is 0 Å². The van der Waals surface area contributed by atoms with Crippen molar-refractivity contribution in [3.8, 4) is 0 Å². The molecule has 3 heteroatoms. The van der Waals surface area contributed by atoms with E-state index in [-0.39, 0.29) is 5.82 Å². The summed E-state index contributed by atoms with van der Waals surface area (Å²) < 4.78 is 13.3. The van der Waals surface area contributed by atoms with E-state index >= 15 is 0 Å². The van der Waals surface area contributed by atoms with Gasteiger partial charge in [-0.1, -0.05) is 19.1 Å². The normalized spacial score (nSPS) is 13.1. The molecule has 0 fully saturated rings. The van der Waals surface area contributed by atoms with Crippen molar-refractivity contribution < 1.29 is 9.50 Å². The number of hydrogen-bond acceptors (Lipinski definition) is 2. The van der Waals surface area contributed by atoms with Crippen LogP contribution in [-0.2, 0) is 0 Å². The van der Waals surface area contributed by atoms with Crippen LogP contribution in [0.3, 0.4) is 0 Å². The van der Waals surface area contributed by atoms with E-state index in [4.69, 9.17) is 0 Å². The zero-order valence-corrected chi connectivity index (χ0v) is 10.9. The van der Waals surface area contributed by atoms with Gasteiger partial charge < -0.3 is 10.0 Å². The first kappa shape index (κ1) is 14.1. The molecular weight excluding hydrogens is 217 g/mol. The van der Waals surface area contributed by atoms with E-state index in [1.165, 1.54) is 6.07 Å². The van der Waals surface area contributed by atoms with Crippen LogP contribution in [-0.4, -0.2) is 30.1 Å². The van der Waals surface area contributed by atoms with E-state index in [2.05, 4.69) is 11.8 Å². The van der Waals surface area contributed by atoms with Crippen LogP contribution in [0.5, 0.6) is 0 Å². The fourth-order valence-corrected chi connectivity index (χ4v) is 1.82. The number of aryl methyl sites for hydroxylation is 1. The summed E-state index contributed by atoms with van der Waals surface area (Å²) in [5, 5.41) is 9.96. The molecule has 1 N–H and O–H groups in total. The maximum Gasteiger partial charge on any atom is 0.126 e. The van der Waals surface area contributed by atoms with E-state index in [1.807, 2.05) is 7.05 Å². The highest BCUT2D eigenvalue weighted by Crippen LogP contribution is 2.19. The molecule has 0 saturated heterocycles. The minimum Gasteiger partial charge on any atom is -0.388 e. The van der Waals surface area contributed by atoms with E-state index in [0.29, 0.717) is 17.5 Å². The van der Waals surface area contributed by atoms with Gasteiger partial charge in [0.15, 0.2) is 0 Å². The van der Waals surface area contributed by atoms with Gasteiger partial charge >= 0.3 is 0 Å². The molecule has 1 aromatic rings. The van der Waals surface area contributed by atoms with Crippen LogP contribution in [0.4, 0.5) is 4.39 Å². The van der Waals surface area contributed by atoms with Crippen molar-refractivity contribution in [2.75, 3.05) is 20.1 Å². The maximum absolute atomic E-state index is 13.3. The van der Waals surface area contributed by atoms with Crippen molar-refractivity contribution in [2.24, 2.45) is 0 Å². The van der Waals surface area contributed by atoms with Crippen molar-refractivity contribution in [1.82, 2.24) is 4.90 Å². The number of aliphatic hydroxyl groups is 1. The van der Waals surface area contributed by atoms with Crippen molar-refractivity contribution in [2.45, 2.75) is 32.8 Å². The topological polar surface area (TPSA) is 23.5 Å². The van der Waals surface area contributed by atoms with Crippen molar-refractivity contribution >= 4 is 0 Å². The average Bonchev–Trinajstić information content (AvgIpc) is 2.30. The Bertz CT molecular complexity index is 354. The molecule has 0 radical (unpaired) electrons. The van der Waals surface area contributed by atoms with Crippen molar-refractivity contribution in [3.05, 3.63) is 35.1 Å². The van der Waals surface area contributed by atoms with Crippen LogP contribution in [0, 0.1) is 12.7 Å². The zero-order chi connectivity index (χ0) is 12.8. The Morgan fingerprint density at radius 1 is 1.35 bits per heavy atom. The van der Waals surface area contributed by atoms with Gasteiger partial charge in [0.1, 0.15) is 5.82 Å². The third kappa shape index (κ3) is 4.44. The SMILES string of the molecule is CCCN(C)CCC(O)c1ccc(C)c(F)c1. The number of hydrogen-bond donors (Lipinski definition) is 1. The Morgan fingerprint density at radius 2 is 2.06 bits per heavy atom. The first-order valence-corrected chi connectivity index (χ1v) is 6.17. The molecule has 0 saturated carbocycles. The second-order valence-corrected chi connectivity index (χ2v) is 4.62. The van der Waals surface area contributed by atoms with Crippen molar-refractivity contribution in [1.29, 1.82) is 0 Å². The number of halogens is 1. The lowest BCUT2D eigenvalue weighted by atomic mass is 10.0. The van der Waals surface area contributed by atoms with E-state index in [1.54, 1.807) is 19.1 Å². The summed E-state index contributed by atoms with van der Waals surface area (Å²) in [5.41, 5.74) is 1.28. The van der Waals surface area contributed by atoms with Crippen molar-refractivity contribution in [3.63, 3.8) is 0 Å². The molecule has 1 unspecified atom stereocenters. The summed E-state index contributed by atoms with van der Waals surface area (Å²) in [6.07, 6.45) is 1.16. The molecule has 96 valence electrons. The number of rotatable bonds is 6. The molecule has 0 aliphatic rings. The Labute approximate surface area is 103 Å². The predicted molar refractivity (Wildman–Crippen MR) is 68.5 cm³/mol. The first-order valence-electron chi connectivity index (χ1n) is 6.17. The second-order valence-electron chi connectivity index (χ2n) is 4.62. The van der Waals surface area contributed by atoms with Crippen LogP contribution >= 0.6 is 0 Å². The predicted octanol–water partition coefficient (Wildman–Crippen LogP) is 2.90. The van der Waals surface area contributed by atoms with Crippen LogP contribution in [0.1, 0.15) is 37.0 Å². The molecule has 0 aliphatic carbocycles. The summed E-state index contributed by atoms with van der Waals surface area (Å²) in [5.74, 6) is -0.247. The van der Waals surface area contributed by atoms with E-state index in [9.17, 15) is 9.50 Å². The number of aliphatic hydroxyl groups excluding tert-OH is 1. The lowest BCUT2D eigenvalue weighted by molar-refractivity contribution is 0.149. The monoisotopic (exact) mass is 239 g/mol. The van der Waals surface area contributed by atoms with Crippen LogP contribution in [0.25, 0.3) is 0 Å². The third-order valence-electron chi connectivity index (χ3n) is 2.97. The number of nitrogens with zero attached hydrogens (tertiary/aromatic N) is 1. The van der Waals surface area contributed by atoms with E-state index in [0.717, 1.165) is 19.5 Å². The molecular formula is C14H22FNO. The first-order chi connectivity index (χ1) is 8.04. The van der Waals surface area contributed by atoms with Gasteiger partial charge in [-0.05, 0) is 50.6 Å². The molecule has 1 atom stereocenters. The van der Waals surface area contributed by atoms with Crippen LogP contribution in [0.2, 0.25) is 0 Å². The summed E-state index contributed by atoms with van der Waals surface area (Å²) in [6, 6.07) is 4.94. The lowest BCUT2D eigenvalue weighted by Gasteiger charge is -2.18. The Hall–Kier alpha value is -0.930. The second kappa shape index (κ2) is 6.72. The number of benzene rings is 1. The fraction of sp³-hybridized carbons (Fsp3) is 0.571. The van der Waals surface area contributed by atoms with Gasteiger partial charge in [0, 0.05) is 6.54 Å². The maximum atomic E-state index is 13.3. The summed E-state index contributed by atoms with van der Waals surface area (Å²) >= 11 is 0. The summed E-state index contributed by atoms with van der Waals surface area (Å²) in [6.45, 7) is 5.70. The molecule has 0 bridgehead atoms. The van der Waals surface area contributed by atoms with Crippen LogP contribution < -0.4 is 0 Å². The standard InChI is InChI=1S/C14H22FNO/c1-4-8-16(3)9-7-14(17)12-6-5-11(2)13(15)10-12/h5-6,10,14,17H,4,7-9H2,1-3H3. The summed E-state index contributed by atoms with van der Waals surface area (Å²) in [7, 11) is 2.03. The zero-order valence-electron chi connectivity index (χ0n) is 10.9. The largest absolute Gasteiger partial charge is 0.388 e. The fourth-order valence-electron chi connectivity index (χ4n) is 1.82. The molecule has 0 spiro atoms. The molecule has 17 heavy (non-hydrogen) atoms. The van der Waals surface area contributed by atoms with Crippen LogP contribution in [0.15, 0.2) is 18.2 Å². The summed E-state index contributed by atoms with van der Waals surface area (Å²) in [4.78, 5) is 2.17. The van der Waals surface area contributed by atoms with Gasteiger partial charge in [-0.15, -0.1) is 0 Å². The highest BCUT2D eigenvalue weighted by molar-refractivity contribution is 5.24. The van der Waals surface area contributed by atoms with Gasteiger partial charge in [0.05, 0.1) is 6.10 Å². The Morgan fingerprint density at radius 3 is 2.65 bits per heavy atom.